The highest BCUT2D eigenvalue weighted by Gasteiger charge is 2.16. The van der Waals surface area contributed by atoms with Gasteiger partial charge in [-0.3, -0.25) is 0 Å². The molecule has 2 aromatic carbocycles. The van der Waals surface area contributed by atoms with Crippen LogP contribution in [0.3, 0.4) is 0 Å². The Morgan fingerprint density at radius 3 is 2.40 bits per heavy atom. The van der Waals surface area contributed by atoms with Crippen LogP contribution >= 0.6 is 0 Å². The van der Waals surface area contributed by atoms with Crippen molar-refractivity contribution in [1.29, 1.82) is 0 Å². The van der Waals surface area contributed by atoms with Gasteiger partial charge in [0.25, 0.3) is 0 Å². The predicted molar refractivity (Wildman–Crippen MR) is 80.9 cm³/mol. The molecule has 1 heterocycles. The molecule has 1 aromatic heterocycles. The first-order valence-electron chi connectivity index (χ1n) is 6.80. The number of aliphatic hydroxyl groups is 1. The van der Waals surface area contributed by atoms with Gasteiger partial charge in [-0.05, 0) is 49.1 Å². The Labute approximate surface area is 118 Å². The Kier molecular flexibility index (Phi) is 3.11. The average molecular weight is 266 g/mol. The number of hydrogen-bond donors (Lipinski definition) is 1. The van der Waals surface area contributed by atoms with Gasteiger partial charge < -0.3 is 9.52 Å². The molecule has 3 rings (SSSR count). The van der Waals surface area contributed by atoms with Crippen LogP contribution in [0.2, 0.25) is 0 Å². The fourth-order valence-corrected chi connectivity index (χ4v) is 2.46. The van der Waals surface area contributed by atoms with Crippen molar-refractivity contribution < 1.29 is 9.52 Å². The summed E-state index contributed by atoms with van der Waals surface area (Å²) in [5, 5.41) is 11.5. The third-order valence-electron chi connectivity index (χ3n) is 3.88. The van der Waals surface area contributed by atoms with Gasteiger partial charge in [0, 0.05) is 5.39 Å². The van der Waals surface area contributed by atoms with Gasteiger partial charge in [0.1, 0.15) is 17.4 Å². The third kappa shape index (κ3) is 2.12. The van der Waals surface area contributed by atoms with Crippen LogP contribution in [-0.4, -0.2) is 5.11 Å². The van der Waals surface area contributed by atoms with Gasteiger partial charge in [0.2, 0.25) is 0 Å². The first-order chi connectivity index (χ1) is 9.56. The van der Waals surface area contributed by atoms with Gasteiger partial charge in [-0.2, -0.15) is 0 Å². The van der Waals surface area contributed by atoms with E-state index in [-0.39, 0.29) is 0 Å². The van der Waals surface area contributed by atoms with Crippen LogP contribution in [0.5, 0.6) is 0 Å². The van der Waals surface area contributed by atoms with Crippen molar-refractivity contribution in [2.75, 3.05) is 0 Å². The van der Waals surface area contributed by atoms with Crippen molar-refractivity contribution in [3.05, 3.63) is 70.5 Å². The second-order valence-corrected chi connectivity index (χ2v) is 5.39. The molecule has 0 bridgehead atoms. The van der Waals surface area contributed by atoms with E-state index in [0.717, 1.165) is 22.1 Å². The average Bonchev–Trinajstić information content (AvgIpc) is 2.86. The van der Waals surface area contributed by atoms with Crippen LogP contribution < -0.4 is 0 Å². The molecule has 1 N–H and O–H groups in total. The second-order valence-electron chi connectivity index (χ2n) is 5.39. The van der Waals surface area contributed by atoms with Crippen molar-refractivity contribution in [2.24, 2.45) is 0 Å². The van der Waals surface area contributed by atoms with Gasteiger partial charge >= 0.3 is 0 Å². The fourth-order valence-electron chi connectivity index (χ4n) is 2.46. The third-order valence-corrected chi connectivity index (χ3v) is 3.88. The molecule has 0 spiro atoms. The fraction of sp³-hybridized carbons (Fsp3) is 0.222. The molecular weight excluding hydrogens is 248 g/mol. The maximum absolute atomic E-state index is 10.5. The van der Waals surface area contributed by atoms with Crippen molar-refractivity contribution in [3.8, 4) is 0 Å². The van der Waals surface area contributed by atoms with Crippen LogP contribution in [0.4, 0.5) is 0 Å². The summed E-state index contributed by atoms with van der Waals surface area (Å²) in [4.78, 5) is 0. The van der Waals surface area contributed by atoms with Gasteiger partial charge in [0.05, 0.1) is 0 Å². The smallest absolute Gasteiger partial charge is 0.138 e. The monoisotopic (exact) mass is 266 g/mol. The molecule has 102 valence electrons. The van der Waals surface area contributed by atoms with Gasteiger partial charge in [-0.15, -0.1) is 0 Å². The summed E-state index contributed by atoms with van der Waals surface area (Å²) in [5.41, 5.74) is 5.20. The van der Waals surface area contributed by atoms with E-state index >= 15 is 0 Å². The van der Waals surface area contributed by atoms with Gasteiger partial charge in [-0.1, -0.05) is 36.4 Å². The molecule has 0 aliphatic heterocycles. The lowest BCUT2D eigenvalue weighted by Gasteiger charge is -2.10. The van der Waals surface area contributed by atoms with E-state index in [1.165, 1.54) is 11.1 Å². The number of aryl methyl sites for hydroxylation is 3. The van der Waals surface area contributed by atoms with E-state index in [0.29, 0.717) is 5.76 Å². The highest BCUT2D eigenvalue weighted by atomic mass is 16.4. The van der Waals surface area contributed by atoms with E-state index < -0.39 is 6.10 Å². The minimum absolute atomic E-state index is 0.595. The van der Waals surface area contributed by atoms with E-state index in [1.54, 1.807) is 0 Å². The van der Waals surface area contributed by atoms with E-state index in [9.17, 15) is 5.11 Å². The molecular formula is C18H18O2. The number of aliphatic hydroxyl groups excluding tert-OH is 1. The van der Waals surface area contributed by atoms with E-state index in [1.807, 2.05) is 56.3 Å². The van der Waals surface area contributed by atoms with E-state index in [2.05, 4.69) is 6.92 Å². The molecule has 0 aliphatic rings. The van der Waals surface area contributed by atoms with Crippen LogP contribution in [0.25, 0.3) is 11.0 Å². The molecule has 20 heavy (non-hydrogen) atoms. The minimum atomic E-state index is -0.721. The first-order valence-corrected chi connectivity index (χ1v) is 6.80. The zero-order valence-electron chi connectivity index (χ0n) is 12.0. The number of benzene rings is 2. The molecule has 3 aromatic rings. The Balaban J connectivity index is 2.05. The second kappa shape index (κ2) is 4.80. The summed E-state index contributed by atoms with van der Waals surface area (Å²) >= 11 is 0. The Morgan fingerprint density at radius 1 is 0.900 bits per heavy atom. The summed E-state index contributed by atoms with van der Waals surface area (Å²) in [6.45, 7) is 6.13. The van der Waals surface area contributed by atoms with Crippen molar-refractivity contribution in [2.45, 2.75) is 26.9 Å². The summed E-state index contributed by atoms with van der Waals surface area (Å²) in [7, 11) is 0. The number of hydrogen-bond acceptors (Lipinski definition) is 2. The zero-order valence-corrected chi connectivity index (χ0v) is 12.0. The number of fused-ring (bicyclic) bond motifs is 1. The maximum atomic E-state index is 10.5. The lowest BCUT2D eigenvalue weighted by molar-refractivity contribution is 0.192. The van der Waals surface area contributed by atoms with Crippen LogP contribution in [0.1, 0.15) is 34.1 Å². The number of para-hydroxylation sites is 1. The molecule has 0 saturated carbocycles. The number of furan rings is 1. The predicted octanol–water partition coefficient (Wildman–Crippen LogP) is 4.44. The van der Waals surface area contributed by atoms with E-state index in [4.69, 9.17) is 4.42 Å². The molecule has 0 amide bonds. The standard InChI is InChI=1S/C18H18O2/c1-11-7-8-14(9-13(11)3)17(19)16-10-15-6-4-5-12(2)18(15)20-16/h4-10,17,19H,1-3H3. The zero-order chi connectivity index (χ0) is 14.3. The van der Waals surface area contributed by atoms with Gasteiger partial charge in [0.15, 0.2) is 0 Å². The van der Waals surface area contributed by atoms with Gasteiger partial charge in [-0.25, -0.2) is 0 Å². The molecule has 2 heteroatoms. The van der Waals surface area contributed by atoms with Crippen LogP contribution in [0, 0.1) is 20.8 Å². The maximum Gasteiger partial charge on any atom is 0.138 e. The topological polar surface area (TPSA) is 33.4 Å². The molecule has 1 unspecified atom stereocenters. The number of rotatable bonds is 2. The largest absolute Gasteiger partial charge is 0.458 e. The SMILES string of the molecule is Cc1ccc(C(O)c2cc3cccc(C)c3o2)cc1C. The van der Waals surface area contributed by atoms with Crippen LogP contribution in [-0.2, 0) is 0 Å². The highest BCUT2D eigenvalue weighted by molar-refractivity contribution is 5.81. The Bertz CT molecular complexity index is 768. The summed E-state index contributed by atoms with van der Waals surface area (Å²) in [6, 6.07) is 13.9. The first kappa shape index (κ1) is 12.9. The van der Waals surface area contributed by atoms with Crippen molar-refractivity contribution in [1.82, 2.24) is 0 Å². The summed E-state index contributed by atoms with van der Waals surface area (Å²) in [5.74, 6) is 0.595. The highest BCUT2D eigenvalue weighted by Crippen LogP contribution is 2.30. The Morgan fingerprint density at radius 2 is 1.70 bits per heavy atom. The molecule has 0 radical (unpaired) electrons. The van der Waals surface area contributed by atoms with Crippen LogP contribution in [0.15, 0.2) is 46.9 Å². The van der Waals surface area contributed by atoms with Crippen molar-refractivity contribution in [3.63, 3.8) is 0 Å². The lowest BCUT2D eigenvalue weighted by atomic mass is 10.0. The quantitative estimate of drug-likeness (QED) is 0.744. The molecule has 1 atom stereocenters. The summed E-state index contributed by atoms with van der Waals surface area (Å²) < 4.78 is 5.84. The Hall–Kier alpha value is -2.06. The summed E-state index contributed by atoms with van der Waals surface area (Å²) in [6.07, 6.45) is -0.721. The molecule has 0 aliphatic carbocycles. The molecule has 0 saturated heterocycles. The normalized spacial score (nSPS) is 12.8. The van der Waals surface area contributed by atoms with Crippen molar-refractivity contribution >= 4 is 11.0 Å². The molecule has 0 fully saturated rings. The minimum Gasteiger partial charge on any atom is -0.458 e. The lowest BCUT2D eigenvalue weighted by Crippen LogP contribution is -1.98. The molecule has 2 nitrogen and oxygen atoms in total.